The molecule has 84 valence electrons. The topological polar surface area (TPSA) is 34.4 Å². The van der Waals surface area contributed by atoms with Crippen molar-refractivity contribution in [1.29, 1.82) is 0 Å². The van der Waals surface area contributed by atoms with Crippen molar-refractivity contribution in [2.75, 3.05) is 13.2 Å². The predicted octanol–water partition coefficient (Wildman–Crippen LogP) is 2.25. The van der Waals surface area contributed by atoms with Crippen molar-refractivity contribution in [2.45, 2.75) is 38.8 Å². The third-order valence-corrected chi connectivity index (χ3v) is 3.08. The van der Waals surface area contributed by atoms with E-state index in [1.54, 1.807) is 0 Å². The molecule has 3 heteroatoms. The average molecular weight is 209 g/mol. The van der Waals surface area contributed by atoms with Crippen LogP contribution in [-0.2, 0) is 11.3 Å². The molecule has 1 fully saturated rings. The van der Waals surface area contributed by atoms with Crippen LogP contribution >= 0.6 is 0 Å². The zero-order chi connectivity index (χ0) is 10.7. The van der Waals surface area contributed by atoms with Crippen LogP contribution in [0.1, 0.15) is 31.3 Å². The van der Waals surface area contributed by atoms with Gasteiger partial charge < -0.3 is 14.5 Å². The van der Waals surface area contributed by atoms with Gasteiger partial charge in [0.2, 0.25) is 0 Å². The molecule has 0 radical (unpaired) electrons. The summed E-state index contributed by atoms with van der Waals surface area (Å²) in [5.41, 5.74) is 0.207. The first-order valence-electron chi connectivity index (χ1n) is 5.56. The van der Waals surface area contributed by atoms with Crippen molar-refractivity contribution in [3.63, 3.8) is 0 Å². The van der Waals surface area contributed by atoms with Gasteiger partial charge in [0.1, 0.15) is 11.5 Å². The maximum absolute atomic E-state index is 5.53. The summed E-state index contributed by atoms with van der Waals surface area (Å²) in [6.07, 6.45) is 2.15. The molecule has 3 nitrogen and oxygen atoms in total. The Kier molecular flexibility index (Phi) is 3.12. The zero-order valence-electron chi connectivity index (χ0n) is 9.51. The number of aryl methyl sites for hydroxylation is 1. The summed E-state index contributed by atoms with van der Waals surface area (Å²) in [7, 11) is 0. The molecule has 0 atom stereocenters. The molecule has 1 aromatic rings. The maximum atomic E-state index is 5.53. The number of ether oxygens (including phenoxy) is 1. The lowest BCUT2D eigenvalue weighted by Gasteiger charge is -2.34. The zero-order valence-corrected chi connectivity index (χ0v) is 9.51. The minimum absolute atomic E-state index is 0.207. The Hall–Kier alpha value is -0.800. The predicted molar refractivity (Wildman–Crippen MR) is 58.7 cm³/mol. The molecule has 1 aliphatic heterocycles. The third kappa shape index (κ3) is 2.83. The summed E-state index contributed by atoms with van der Waals surface area (Å²) in [5.74, 6) is 1.99. The Morgan fingerprint density at radius 2 is 2.07 bits per heavy atom. The highest BCUT2D eigenvalue weighted by molar-refractivity contribution is 5.05. The van der Waals surface area contributed by atoms with Crippen LogP contribution in [-0.4, -0.2) is 18.8 Å². The van der Waals surface area contributed by atoms with Crippen molar-refractivity contribution in [3.8, 4) is 0 Å². The van der Waals surface area contributed by atoms with Crippen LogP contribution in [0.3, 0.4) is 0 Å². The molecule has 1 aromatic heterocycles. The fourth-order valence-electron chi connectivity index (χ4n) is 1.88. The minimum Gasteiger partial charge on any atom is -0.465 e. The Morgan fingerprint density at radius 1 is 1.33 bits per heavy atom. The fourth-order valence-corrected chi connectivity index (χ4v) is 1.88. The molecule has 15 heavy (non-hydrogen) atoms. The summed E-state index contributed by atoms with van der Waals surface area (Å²) in [4.78, 5) is 0. The second-order valence-corrected chi connectivity index (χ2v) is 4.54. The molecular formula is C12H19NO2. The summed E-state index contributed by atoms with van der Waals surface area (Å²) in [6.45, 7) is 6.76. The normalized spacial score (nSPS) is 20.4. The summed E-state index contributed by atoms with van der Waals surface area (Å²) < 4.78 is 10.9. The van der Waals surface area contributed by atoms with Gasteiger partial charge in [-0.3, -0.25) is 0 Å². The van der Waals surface area contributed by atoms with E-state index in [9.17, 15) is 0 Å². The summed E-state index contributed by atoms with van der Waals surface area (Å²) in [5, 5.41) is 3.55. The van der Waals surface area contributed by atoms with Crippen molar-refractivity contribution >= 4 is 0 Å². The molecule has 2 rings (SSSR count). The second-order valence-electron chi connectivity index (χ2n) is 4.54. The van der Waals surface area contributed by atoms with Crippen LogP contribution in [0.4, 0.5) is 0 Å². The van der Waals surface area contributed by atoms with Crippen molar-refractivity contribution in [2.24, 2.45) is 0 Å². The quantitative estimate of drug-likeness (QED) is 0.829. The highest BCUT2D eigenvalue weighted by Gasteiger charge is 2.26. The molecule has 0 aromatic carbocycles. The Labute approximate surface area is 90.8 Å². The van der Waals surface area contributed by atoms with Gasteiger partial charge in [-0.05, 0) is 38.8 Å². The van der Waals surface area contributed by atoms with Gasteiger partial charge in [0.25, 0.3) is 0 Å². The lowest BCUT2D eigenvalue weighted by molar-refractivity contribution is 0.0439. The number of hydrogen-bond acceptors (Lipinski definition) is 3. The van der Waals surface area contributed by atoms with Crippen LogP contribution < -0.4 is 5.32 Å². The van der Waals surface area contributed by atoms with Crippen LogP contribution in [0.2, 0.25) is 0 Å². The van der Waals surface area contributed by atoms with E-state index in [2.05, 4.69) is 12.2 Å². The molecule has 1 saturated heterocycles. The van der Waals surface area contributed by atoms with E-state index < -0.39 is 0 Å². The van der Waals surface area contributed by atoms with E-state index in [0.29, 0.717) is 0 Å². The number of nitrogens with one attached hydrogen (secondary N) is 1. The molecule has 1 N–H and O–H groups in total. The molecule has 0 aliphatic carbocycles. The monoisotopic (exact) mass is 209 g/mol. The van der Waals surface area contributed by atoms with Crippen LogP contribution in [0.15, 0.2) is 16.5 Å². The second kappa shape index (κ2) is 4.37. The van der Waals surface area contributed by atoms with Crippen LogP contribution in [0, 0.1) is 6.92 Å². The molecular weight excluding hydrogens is 190 g/mol. The Morgan fingerprint density at radius 3 is 2.67 bits per heavy atom. The maximum Gasteiger partial charge on any atom is 0.117 e. The molecule has 1 aliphatic rings. The minimum atomic E-state index is 0.207. The van der Waals surface area contributed by atoms with Gasteiger partial charge in [-0.2, -0.15) is 0 Å². The molecule has 0 amide bonds. The molecule has 0 spiro atoms. The highest BCUT2D eigenvalue weighted by Crippen LogP contribution is 2.20. The van der Waals surface area contributed by atoms with Crippen LogP contribution in [0.5, 0.6) is 0 Å². The van der Waals surface area contributed by atoms with Gasteiger partial charge >= 0.3 is 0 Å². The Bertz CT molecular complexity index is 313. The number of furan rings is 1. The first-order chi connectivity index (χ1) is 7.18. The van der Waals surface area contributed by atoms with E-state index in [0.717, 1.165) is 44.1 Å². The van der Waals surface area contributed by atoms with Crippen molar-refractivity contribution in [1.82, 2.24) is 5.32 Å². The standard InChI is InChI=1S/C12H19NO2/c1-10-3-4-11(15-10)9-13-12(2)5-7-14-8-6-12/h3-4,13H,5-9H2,1-2H3. The fraction of sp³-hybridized carbons (Fsp3) is 0.667. The molecule has 0 bridgehead atoms. The van der Waals surface area contributed by atoms with E-state index >= 15 is 0 Å². The van der Waals surface area contributed by atoms with Gasteiger partial charge in [-0.15, -0.1) is 0 Å². The van der Waals surface area contributed by atoms with Crippen LogP contribution in [0.25, 0.3) is 0 Å². The molecule has 0 saturated carbocycles. The lowest BCUT2D eigenvalue weighted by atomic mass is 9.92. The van der Waals surface area contributed by atoms with Gasteiger partial charge in [0, 0.05) is 18.8 Å². The van der Waals surface area contributed by atoms with Gasteiger partial charge in [0.15, 0.2) is 0 Å². The average Bonchev–Trinajstić information content (AvgIpc) is 2.63. The highest BCUT2D eigenvalue weighted by atomic mass is 16.5. The van der Waals surface area contributed by atoms with Gasteiger partial charge in [-0.1, -0.05) is 0 Å². The van der Waals surface area contributed by atoms with Crippen molar-refractivity contribution in [3.05, 3.63) is 23.7 Å². The SMILES string of the molecule is Cc1ccc(CNC2(C)CCOCC2)o1. The van der Waals surface area contributed by atoms with Gasteiger partial charge in [-0.25, -0.2) is 0 Å². The van der Waals surface area contributed by atoms with Gasteiger partial charge in [0.05, 0.1) is 6.54 Å². The molecule has 0 unspecified atom stereocenters. The van der Waals surface area contributed by atoms with E-state index in [4.69, 9.17) is 9.15 Å². The summed E-state index contributed by atoms with van der Waals surface area (Å²) in [6, 6.07) is 4.04. The first-order valence-corrected chi connectivity index (χ1v) is 5.56. The van der Waals surface area contributed by atoms with E-state index in [1.807, 2.05) is 19.1 Å². The van der Waals surface area contributed by atoms with E-state index in [1.165, 1.54) is 0 Å². The largest absolute Gasteiger partial charge is 0.465 e. The number of rotatable bonds is 3. The molecule has 2 heterocycles. The lowest BCUT2D eigenvalue weighted by Crippen LogP contribution is -2.46. The van der Waals surface area contributed by atoms with E-state index in [-0.39, 0.29) is 5.54 Å². The first kappa shape index (κ1) is 10.7. The smallest absolute Gasteiger partial charge is 0.117 e. The summed E-state index contributed by atoms with van der Waals surface area (Å²) >= 11 is 0. The third-order valence-electron chi connectivity index (χ3n) is 3.08. The number of hydrogen-bond donors (Lipinski definition) is 1. The Balaban J connectivity index is 1.86. The van der Waals surface area contributed by atoms with Crippen molar-refractivity contribution < 1.29 is 9.15 Å².